The SMILES string of the molecule is O=C(O)CCCCN1CSC(S)N(C2CCCCC2)C1. The summed E-state index contributed by atoms with van der Waals surface area (Å²) in [6, 6.07) is 0.695. The summed E-state index contributed by atoms with van der Waals surface area (Å²) in [4.78, 5) is 15.5. The number of unbranched alkanes of at least 4 members (excludes halogenated alkanes) is 1. The van der Waals surface area contributed by atoms with Crippen molar-refractivity contribution >= 4 is 30.4 Å². The van der Waals surface area contributed by atoms with Crippen LogP contribution in [-0.2, 0) is 4.79 Å². The predicted molar refractivity (Wildman–Crippen MR) is 87.0 cm³/mol. The minimum absolute atomic E-state index is 0.294. The molecule has 2 aliphatic rings. The maximum absolute atomic E-state index is 10.5. The molecular weight excluding hydrogens is 292 g/mol. The molecule has 1 unspecified atom stereocenters. The van der Waals surface area contributed by atoms with E-state index in [9.17, 15) is 4.79 Å². The second-order valence-corrected chi connectivity index (χ2v) is 7.69. The first kappa shape index (κ1) is 16.5. The highest BCUT2D eigenvalue weighted by molar-refractivity contribution is 8.10. The first-order valence-corrected chi connectivity index (χ1v) is 9.23. The molecule has 4 nitrogen and oxygen atoms in total. The normalized spacial score (nSPS) is 26.8. The average Bonchev–Trinajstić information content (AvgIpc) is 2.46. The Morgan fingerprint density at radius 3 is 2.70 bits per heavy atom. The van der Waals surface area contributed by atoms with Gasteiger partial charge in [0.25, 0.3) is 0 Å². The topological polar surface area (TPSA) is 43.8 Å². The minimum Gasteiger partial charge on any atom is -0.481 e. The molecule has 1 saturated heterocycles. The number of nitrogens with zero attached hydrogens (tertiary/aromatic N) is 2. The molecule has 116 valence electrons. The van der Waals surface area contributed by atoms with Crippen molar-refractivity contribution in [2.75, 3.05) is 19.1 Å². The maximum Gasteiger partial charge on any atom is 0.303 e. The fourth-order valence-electron chi connectivity index (χ4n) is 3.06. The Morgan fingerprint density at radius 2 is 2.00 bits per heavy atom. The van der Waals surface area contributed by atoms with Gasteiger partial charge in [0.2, 0.25) is 0 Å². The maximum atomic E-state index is 10.5. The minimum atomic E-state index is -0.683. The lowest BCUT2D eigenvalue weighted by atomic mass is 9.95. The van der Waals surface area contributed by atoms with Crippen molar-refractivity contribution in [1.82, 2.24) is 9.80 Å². The highest BCUT2D eigenvalue weighted by Crippen LogP contribution is 2.33. The second-order valence-electron chi connectivity index (χ2n) is 5.81. The summed E-state index contributed by atoms with van der Waals surface area (Å²) in [5.41, 5.74) is 0. The molecule has 1 atom stereocenters. The van der Waals surface area contributed by atoms with Crippen LogP contribution in [0.2, 0.25) is 0 Å². The van der Waals surface area contributed by atoms with Crippen LogP contribution in [0.5, 0.6) is 0 Å². The van der Waals surface area contributed by atoms with Crippen LogP contribution in [0, 0.1) is 0 Å². The van der Waals surface area contributed by atoms with Crippen molar-refractivity contribution in [1.29, 1.82) is 0 Å². The van der Waals surface area contributed by atoms with E-state index >= 15 is 0 Å². The molecule has 2 fully saturated rings. The fourth-order valence-corrected chi connectivity index (χ4v) is 4.51. The Labute approximate surface area is 131 Å². The summed E-state index contributed by atoms with van der Waals surface area (Å²) in [5.74, 6) is 0.335. The van der Waals surface area contributed by atoms with Gasteiger partial charge in [-0.1, -0.05) is 19.3 Å². The summed E-state index contributed by atoms with van der Waals surface area (Å²) in [6.07, 6.45) is 8.76. The van der Waals surface area contributed by atoms with E-state index in [0.717, 1.165) is 31.9 Å². The van der Waals surface area contributed by atoms with Crippen LogP contribution >= 0.6 is 24.4 Å². The van der Waals surface area contributed by atoms with Crippen molar-refractivity contribution in [3.8, 4) is 0 Å². The van der Waals surface area contributed by atoms with Gasteiger partial charge >= 0.3 is 5.97 Å². The van der Waals surface area contributed by atoms with Crippen LogP contribution in [0.3, 0.4) is 0 Å². The van der Waals surface area contributed by atoms with Gasteiger partial charge in [-0.25, -0.2) is 0 Å². The van der Waals surface area contributed by atoms with Crippen LogP contribution in [0.4, 0.5) is 0 Å². The number of carboxylic acids is 1. The van der Waals surface area contributed by atoms with Gasteiger partial charge in [0.15, 0.2) is 0 Å². The molecule has 20 heavy (non-hydrogen) atoms. The largest absolute Gasteiger partial charge is 0.481 e. The zero-order valence-electron chi connectivity index (χ0n) is 12.0. The number of hydrogen-bond acceptors (Lipinski definition) is 5. The van der Waals surface area contributed by atoms with Gasteiger partial charge in [-0.2, -0.15) is 0 Å². The second kappa shape index (κ2) is 8.51. The first-order chi connectivity index (χ1) is 9.66. The molecule has 0 spiro atoms. The van der Waals surface area contributed by atoms with E-state index in [0.29, 0.717) is 17.2 Å². The van der Waals surface area contributed by atoms with Gasteiger partial charge in [0.05, 0.1) is 6.67 Å². The van der Waals surface area contributed by atoms with Crippen molar-refractivity contribution in [3.63, 3.8) is 0 Å². The molecule has 1 N–H and O–H groups in total. The first-order valence-electron chi connectivity index (χ1n) is 7.66. The molecular formula is C14H26N2O2S2. The Kier molecular flexibility index (Phi) is 7.01. The van der Waals surface area contributed by atoms with Crippen LogP contribution in [0.25, 0.3) is 0 Å². The number of hydrogen-bond donors (Lipinski definition) is 2. The summed E-state index contributed by atoms with van der Waals surface area (Å²) in [6.45, 7) is 2.00. The van der Waals surface area contributed by atoms with Gasteiger partial charge < -0.3 is 5.11 Å². The molecule has 0 aromatic heterocycles. The van der Waals surface area contributed by atoms with Crippen molar-refractivity contribution < 1.29 is 9.90 Å². The lowest BCUT2D eigenvalue weighted by Gasteiger charge is -2.44. The molecule has 0 bridgehead atoms. The van der Waals surface area contributed by atoms with E-state index in [4.69, 9.17) is 17.7 Å². The van der Waals surface area contributed by atoms with E-state index in [2.05, 4.69) is 9.80 Å². The molecule has 6 heteroatoms. The number of carboxylic acid groups (broad SMARTS) is 1. The third-order valence-electron chi connectivity index (χ3n) is 4.21. The molecule has 2 rings (SSSR count). The lowest BCUT2D eigenvalue weighted by molar-refractivity contribution is -0.137. The average molecular weight is 319 g/mol. The molecule has 0 amide bonds. The van der Waals surface area contributed by atoms with Crippen molar-refractivity contribution in [2.24, 2.45) is 0 Å². The van der Waals surface area contributed by atoms with E-state index in [1.165, 1.54) is 32.1 Å². The Hall–Kier alpha value is 0.0900. The van der Waals surface area contributed by atoms with Crippen LogP contribution in [0.15, 0.2) is 0 Å². The van der Waals surface area contributed by atoms with E-state index in [1.54, 1.807) is 0 Å². The molecule has 1 saturated carbocycles. The highest BCUT2D eigenvalue weighted by atomic mass is 32.2. The van der Waals surface area contributed by atoms with Gasteiger partial charge in [0.1, 0.15) is 4.71 Å². The van der Waals surface area contributed by atoms with E-state index in [-0.39, 0.29) is 0 Å². The molecule has 1 aliphatic heterocycles. The molecule has 0 aromatic rings. The number of thioether (sulfide) groups is 1. The molecule has 1 heterocycles. The third kappa shape index (κ3) is 5.13. The number of thiol groups is 1. The standard InChI is InChI=1S/C14H26N2O2S2/c17-13(18)8-4-5-9-15-10-16(14(19)20-11-15)12-6-2-1-3-7-12/h12,14,19H,1-11H2,(H,17,18). The van der Waals surface area contributed by atoms with Gasteiger partial charge in [-0.15, -0.1) is 24.4 Å². The van der Waals surface area contributed by atoms with E-state index in [1.807, 2.05) is 11.8 Å². The Bertz CT molecular complexity index is 312. The van der Waals surface area contributed by atoms with Crippen LogP contribution in [-0.4, -0.2) is 50.7 Å². The summed E-state index contributed by atoms with van der Waals surface area (Å²) in [7, 11) is 0. The quantitative estimate of drug-likeness (QED) is 0.582. The number of aliphatic carboxylic acids is 1. The predicted octanol–water partition coefficient (Wildman–Crippen LogP) is 3.05. The third-order valence-corrected chi connectivity index (χ3v) is 6.04. The summed E-state index contributed by atoms with van der Waals surface area (Å²) >= 11 is 6.62. The summed E-state index contributed by atoms with van der Waals surface area (Å²) in [5, 5.41) is 8.66. The molecule has 1 aliphatic carbocycles. The zero-order valence-corrected chi connectivity index (χ0v) is 13.7. The monoisotopic (exact) mass is 318 g/mol. The number of carbonyl (C=O) groups is 1. The van der Waals surface area contributed by atoms with Gasteiger partial charge in [0, 0.05) is 24.9 Å². The Morgan fingerprint density at radius 1 is 1.25 bits per heavy atom. The van der Waals surface area contributed by atoms with Gasteiger partial charge in [-0.3, -0.25) is 14.6 Å². The molecule has 0 aromatic carbocycles. The Balaban J connectivity index is 1.74. The van der Waals surface area contributed by atoms with Crippen LogP contribution in [0.1, 0.15) is 51.4 Å². The fraction of sp³-hybridized carbons (Fsp3) is 0.929. The zero-order chi connectivity index (χ0) is 14.4. The van der Waals surface area contributed by atoms with Crippen molar-refractivity contribution in [3.05, 3.63) is 0 Å². The summed E-state index contributed by atoms with van der Waals surface area (Å²) < 4.78 is 0.327. The smallest absolute Gasteiger partial charge is 0.303 e. The van der Waals surface area contributed by atoms with E-state index < -0.39 is 5.97 Å². The van der Waals surface area contributed by atoms with Crippen molar-refractivity contribution in [2.45, 2.75) is 62.1 Å². The molecule has 0 radical (unpaired) electrons. The number of rotatable bonds is 6. The van der Waals surface area contributed by atoms with Gasteiger partial charge in [-0.05, 0) is 25.7 Å². The van der Waals surface area contributed by atoms with Crippen LogP contribution < -0.4 is 0 Å². The lowest BCUT2D eigenvalue weighted by Crippen LogP contribution is -2.51. The highest BCUT2D eigenvalue weighted by Gasteiger charge is 2.31.